The highest BCUT2D eigenvalue weighted by molar-refractivity contribution is 8.00. The lowest BCUT2D eigenvalue weighted by atomic mass is 9.98. The van der Waals surface area contributed by atoms with Gasteiger partial charge in [0.25, 0.3) is 11.8 Å². The number of phenols is 1. The minimum absolute atomic E-state index is 0.0257. The summed E-state index contributed by atoms with van der Waals surface area (Å²) in [5, 5.41) is 18.7. The van der Waals surface area contributed by atoms with Crippen molar-refractivity contribution < 1.29 is 24.6 Å². The SMILES string of the molecule is CC=CC1=C(C(=O)O)N2C(=O)C(N3C(=O)C(c4ccc(O)cc4)=NC3(C)C)[C@@H]2SC1. The van der Waals surface area contributed by atoms with Gasteiger partial charge in [0.15, 0.2) is 0 Å². The first-order chi connectivity index (χ1) is 14.2. The fourth-order valence-electron chi connectivity index (χ4n) is 4.07. The third-order valence-electron chi connectivity index (χ3n) is 5.36. The van der Waals surface area contributed by atoms with E-state index in [4.69, 9.17) is 0 Å². The standard InChI is InChI=1S/C21H21N3O5S/c1-4-5-12-10-30-19-16(18(27)23(19)15(12)20(28)29)24-17(26)14(22-21(24,2)3)11-6-8-13(25)9-7-11/h4-9,16,19,25H,10H2,1-3H3,(H,28,29)/t16?,19-/m0/s1. The first kappa shape index (κ1) is 20.2. The van der Waals surface area contributed by atoms with E-state index in [0.717, 1.165) is 0 Å². The summed E-state index contributed by atoms with van der Waals surface area (Å²) < 4.78 is 0. The number of nitrogens with zero attached hydrogens (tertiary/aromatic N) is 3. The molecule has 2 N–H and O–H groups in total. The van der Waals surface area contributed by atoms with Crippen molar-refractivity contribution in [3.05, 3.63) is 53.3 Å². The van der Waals surface area contributed by atoms with Crippen molar-refractivity contribution in [2.24, 2.45) is 4.99 Å². The molecule has 1 aromatic rings. The predicted octanol–water partition coefficient (Wildman–Crippen LogP) is 1.96. The zero-order valence-corrected chi connectivity index (χ0v) is 17.5. The van der Waals surface area contributed by atoms with E-state index >= 15 is 0 Å². The van der Waals surface area contributed by atoms with Crippen LogP contribution < -0.4 is 0 Å². The lowest BCUT2D eigenvalue weighted by Crippen LogP contribution is -2.73. The van der Waals surface area contributed by atoms with Crippen LogP contribution in [-0.4, -0.2) is 66.3 Å². The van der Waals surface area contributed by atoms with Gasteiger partial charge in [-0.2, -0.15) is 0 Å². The van der Waals surface area contributed by atoms with Crippen LogP contribution in [0.2, 0.25) is 0 Å². The van der Waals surface area contributed by atoms with E-state index in [-0.39, 0.29) is 23.1 Å². The number of thioether (sulfide) groups is 1. The molecule has 0 aliphatic carbocycles. The van der Waals surface area contributed by atoms with E-state index in [1.165, 1.54) is 33.7 Å². The number of hydrogen-bond donors (Lipinski definition) is 2. The average Bonchev–Trinajstić information content (AvgIpc) is 2.92. The zero-order valence-electron chi connectivity index (χ0n) is 16.7. The number of fused-ring (bicyclic) bond motifs is 1. The Balaban J connectivity index is 1.67. The number of amides is 2. The minimum Gasteiger partial charge on any atom is -0.508 e. The van der Waals surface area contributed by atoms with Crippen molar-refractivity contribution in [3.8, 4) is 5.75 Å². The molecule has 4 rings (SSSR count). The lowest BCUT2D eigenvalue weighted by Gasteiger charge is -2.54. The molecule has 1 saturated heterocycles. The number of benzene rings is 1. The number of carboxylic acid groups (broad SMARTS) is 1. The second kappa shape index (κ2) is 7.02. The summed E-state index contributed by atoms with van der Waals surface area (Å²) in [5.74, 6) is -1.45. The molecule has 0 spiro atoms. The van der Waals surface area contributed by atoms with Gasteiger partial charge in [0.05, 0.1) is 0 Å². The Morgan fingerprint density at radius 3 is 2.53 bits per heavy atom. The first-order valence-electron chi connectivity index (χ1n) is 9.44. The fourth-order valence-corrected chi connectivity index (χ4v) is 5.43. The van der Waals surface area contributed by atoms with Crippen LogP contribution in [0, 0.1) is 0 Å². The molecule has 0 aromatic heterocycles. The van der Waals surface area contributed by atoms with E-state index in [0.29, 0.717) is 16.9 Å². The largest absolute Gasteiger partial charge is 0.508 e. The summed E-state index contributed by atoms with van der Waals surface area (Å²) in [7, 11) is 0. The van der Waals surface area contributed by atoms with Gasteiger partial charge in [-0.25, -0.2) is 4.79 Å². The number of allylic oxidation sites excluding steroid dienone is 2. The smallest absolute Gasteiger partial charge is 0.352 e. The Labute approximate surface area is 177 Å². The average molecular weight is 427 g/mol. The number of carbonyl (C=O) groups excluding carboxylic acids is 2. The van der Waals surface area contributed by atoms with Crippen LogP contribution in [0.1, 0.15) is 26.3 Å². The van der Waals surface area contributed by atoms with E-state index in [1.54, 1.807) is 45.1 Å². The van der Waals surface area contributed by atoms with Crippen LogP contribution in [0.4, 0.5) is 0 Å². The molecule has 0 bridgehead atoms. The van der Waals surface area contributed by atoms with E-state index in [2.05, 4.69) is 4.99 Å². The summed E-state index contributed by atoms with van der Waals surface area (Å²) in [6.45, 7) is 5.29. The maximum Gasteiger partial charge on any atom is 0.352 e. The van der Waals surface area contributed by atoms with Gasteiger partial charge in [-0.1, -0.05) is 12.2 Å². The molecule has 2 atom stereocenters. The predicted molar refractivity (Wildman–Crippen MR) is 112 cm³/mol. The molecule has 156 valence electrons. The van der Waals surface area contributed by atoms with Crippen molar-refractivity contribution in [2.75, 3.05) is 5.75 Å². The molecular weight excluding hydrogens is 406 g/mol. The van der Waals surface area contributed by atoms with Crippen LogP contribution in [0.15, 0.2) is 52.7 Å². The second-order valence-electron chi connectivity index (χ2n) is 7.71. The molecule has 0 radical (unpaired) electrons. The molecule has 1 fully saturated rings. The monoisotopic (exact) mass is 427 g/mol. The van der Waals surface area contributed by atoms with Crippen LogP contribution in [0.25, 0.3) is 0 Å². The third-order valence-corrected chi connectivity index (χ3v) is 6.64. The summed E-state index contributed by atoms with van der Waals surface area (Å²) in [4.78, 5) is 45.5. The van der Waals surface area contributed by atoms with Crippen LogP contribution in [0.5, 0.6) is 5.75 Å². The fraction of sp³-hybridized carbons (Fsp3) is 0.333. The minimum atomic E-state index is -1.16. The van der Waals surface area contributed by atoms with E-state index in [1.807, 2.05) is 0 Å². The van der Waals surface area contributed by atoms with Gasteiger partial charge >= 0.3 is 5.97 Å². The van der Waals surface area contributed by atoms with Gasteiger partial charge in [-0.15, -0.1) is 11.8 Å². The Kier molecular flexibility index (Phi) is 4.73. The van der Waals surface area contributed by atoms with E-state index < -0.39 is 29.0 Å². The van der Waals surface area contributed by atoms with Crippen molar-refractivity contribution in [1.29, 1.82) is 0 Å². The molecular formula is C21H21N3O5S. The van der Waals surface area contributed by atoms with Gasteiger partial charge in [0, 0.05) is 11.3 Å². The molecule has 1 unspecified atom stereocenters. The first-order valence-corrected chi connectivity index (χ1v) is 10.5. The van der Waals surface area contributed by atoms with Gasteiger partial charge in [-0.3, -0.25) is 24.4 Å². The summed E-state index contributed by atoms with van der Waals surface area (Å²) in [6, 6.07) is 5.36. The molecule has 3 aliphatic heterocycles. The highest BCUT2D eigenvalue weighted by Crippen LogP contribution is 2.45. The number of phenolic OH excluding ortho intramolecular Hbond substituents is 1. The molecule has 1 aromatic carbocycles. The van der Waals surface area contributed by atoms with Crippen molar-refractivity contribution in [2.45, 2.75) is 37.8 Å². The Morgan fingerprint density at radius 1 is 1.27 bits per heavy atom. The van der Waals surface area contributed by atoms with Gasteiger partial charge in [0.1, 0.15) is 34.2 Å². The number of β-lactam (4-membered cyclic amide) rings is 1. The summed E-state index contributed by atoms with van der Waals surface area (Å²) >= 11 is 1.44. The maximum atomic E-state index is 13.3. The second-order valence-corrected chi connectivity index (χ2v) is 8.82. The molecule has 3 heterocycles. The molecule has 9 heteroatoms. The highest BCUT2D eigenvalue weighted by atomic mass is 32.2. The highest BCUT2D eigenvalue weighted by Gasteiger charge is 2.61. The van der Waals surface area contributed by atoms with Crippen molar-refractivity contribution >= 4 is 35.3 Å². The van der Waals surface area contributed by atoms with Gasteiger partial charge in [-0.05, 0) is 50.6 Å². The number of carbonyl (C=O) groups is 3. The van der Waals surface area contributed by atoms with Crippen LogP contribution >= 0.6 is 11.8 Å². The molecule has 0 saturated carbocycles. The number of aliphatic carboxylic acids is 1. The number of rotatable bonds is 4. The Hall–Kier alpha value is -3.07. The summed E-state index contributed by atoms with van der Waals surface area (Å²) in [6.07, 6.45) is 3.44. The molecule has 30 heavy (non-hydrogen) atoms. The number of aliphatic imine (C=N–C) groups is 1. The summed E-state index contributed by atoms with van der Waals surface area (Å²) in [5.41, 5.74) is 0.354. The van der Waals surface area contributed by atoms with Crippen LogP contribution in [-0.2, 0) is 14.4 Å². The normalized spacial score (nSPS) is 25.5. The molecule has 2 amide bonds. The lowest BCUT2D eigenvalue weighted by molar-refractivity contribution is -0.161. The topological polar surface area (TPSA) is 111 Å². The van der Waals surface area contributed by atoms with Gasteiger partial charge in [0.2, 0.25) is 0 Å². The van der Waals surface area contributed by atoms with Gasteiger partial charge < -0.3 is 10.2 Å². The van der Waals surface area contributed by atoms with Crippen LogP contribution in [0.3, 0.4) is 0 Å². The number of aromatic hydroxyl groups is 1. The molecule has 3 aliphatic rings. The van der Waals surface area contributed by atoms with E-state index in [9.17, 15) is 24.6 Å². The maximum absolute atomic E-state index is 13.3. The molecule has 8 nitrogen and oxygen atoms in total. The number of hydrogen-bond acceptors (Lipinski definition) is 6. The Morgan fingerprint density at radius 2 is 1.93 bits per heavy atom. The quantitative estimate of drug-likeness (QED) is 0.711. The number of carboxylic acids is 1. The van der Waals surface area contributed by atoms with Crippen molar-refractivity contribution in [3.63, 3.8) is 0 Å². The van der Waals surface area contributed by atoms with Crippen molar-refractivity contribution in [1.82, 2.24) is 9.80 Å². The Bertz CT molecular complexity index is 1040. The zero-order chi connectivity index (χ0) is 21.8. The third kappa shape index (κ3) is 2.92.